The lowest BCUT2D eigenvalue weighted by molar-refractivity contribution is 0.228. The van der Waals surface area contributed by atoms with Gasteiger partial charge in [-0.2, -0.15) is 0 Å². The van der Waals surface area contributed by atoms with E-state index in [-0.39, 0.29) is 0 Å². The number of aromatic nitrogens is 2. The van der Waals surface area contributed by atoms with Crippen molar-refractivity contribution in [1.82, 2.24) is 9.97 Å². The highest BCUT2D eigenvalue weighted by Gasteiger charge is 2.52. The van der Waals surface area contributed by atoms with Crippen LogP contribution in [0.4, 0.5) is 0 Å². The molecule has 2 heteroatoms. The summed E-state index contributed by atoms with van der Waals surface area (Å²) in [7, 11) is 0. The molecule has 2 aromatic carbocycles. The number of rotatable bonds is 4. The molecule has 4 atom stereocenters. The fraction of sp³-hybridized carbons (Fsp3) is 0.214. The largest absolute Gasteiger partial charge is 0.265 e. The van der Waals surface area contributed by atoms with Crippen molar-refractivity contribution in [2.45, 2.75) is 37.5 Å². The van der Waals surface area contributed by atoms with Crippen molar-refractivity contribution in [3.05, 3.63) is 131 Å². The number of nitrogens with zero attached hydrogens (tertiary/aromatic N) is 2. The van der Waals surface area contributed by atoms with Gasteiger partial charge >= 0.3 is 0 Å². The summed E-state index contributed by atoms with van der Waals surface area (Å²) in [5.74, 6) is 1.66. The summed E-state index contributed by atoms with van der Waals surface area (Å²) in [6, 6.07) is 27.0. The molecule has 2 aromatic heterocycles. The van der Waals surface area contributed by atoms with Gasteiger partial charge < -0.3 is 0 Å². The molecule has 1 saturated carbocycles. The summed E-state index contributed by atoms with van der Waals surface area (Å²) in [4.78, 5) is 8.54. The Labute approximate surface area is 178 Å². The normalized spacial score (nSPS) is 23.0. The molecular weight excluding hydrogens is 364 g/mol. The molecule has 0 amide bonds. The van der Waals surface area contributed by atoms with Crippen molar-refractivity contribution >= 4 is 0 Å². The van der Waals surface area contributed by atoms with Crippen LogP contribution in [-0.2, 0) is 0 Å². The topological polar surface area (TPSA) is 25.8 Å². The van der Waals surface area contributed by atoms with E-state index >= 15 is 0 Å². The molecule has 0 bridgehead atoms. The highest BCUT2D eigenvalue weighted by atomic mass is 14.6. The van der Waals surface area contributed by atoms with Gasteiger partial charge in [-0.05, 0) is 84.0 Å². The molecule has 0 spiro atoms. The highest BCUT2D eigenvalue weighted by Crippen LogP contribution is 2.66. The lowest BCUT2D eigenvalue weighted by Gasteiger charge is -2.53. The van der Waals surface area contributed by atoms with E-state index in [0.717, 1.165) is 0 Å². The molecule has 2 heterocycles. The van der Waals surface area contributed by atoms with Gasteiger partial charge in [0, 0.05) is 24.8 Å². The number of hydrogen-bond acceptors (Lipinski definition) is 2. The van der Waals surface area contributed by atoms with Gasteiger partial charge in [-0.25, -0.2) is 0 Å². The van der Waals surface area contributed by atoms with E-state index in [9.17, 15) is 0 Å². The summed E-state index contributed by atoms with van der Waals surface area (Å²) in [6.45, 7) is 4.31. The minimum Gasteiger partial charge on any atom is -0.265 e. The molecule has 0 radical (unpaired) electrons. The van der Waals surface area contributed by atoms with Crippen LogP contribution in [0.15, 0.2) is 97.6 Å². The average molecular weight is 391 g/mol. The fourth-order valence-corrected chi connectivity index (χ4v) is 5.16. The van der Waals surface area contributed by atoms with Gasteiger partial charge in [-0.1, -0.05) is 59.7 Å². The first-order chi connectivity index (χ1) is 14.7. The second kappa shape index (κ2) is 7.87. The first-order valence-corrected chi connectivity index (χ1v) is 10.7. The van der Waals surface area contributed by atoms with E-state index in [2.05, 4.69) is 96.6 Å². The van der Waals surface area contributed by atoms with Crippen molar-refractivity contribution < 1.29 is 0 Å². The second-order valence-electron chi connectivity index (χ2n) is 8.49. The molecule has 1 fully saturated rings. The molecule has 148 valence electrons. The van der Waals surface area contributed by atoms with Crippen LogP contribution in [0.2, 0.25) is 0 Å². The van der Waals surface area contributed by atoms with Crippen LogP contribution in [0.1, 0.15) is 57.1 Å². The van der Waals surface area contributed by atoms with Crippen LogP contribution in [0, 0.1) is 13.8 Å². The van der Waals surface area contributed by atoms with E-state index in [1.54, 1.807) is 0 Å². The Morgan fingerprint density at radius 3 is 0.967 bits per heavy atom. The SMILES string of the molecule is Cc1ccc([C@@H]2[C@@H](c3ccncc3)[C@@H](c3ccncc3)[C@@H]2c2ccc(C)cc2)cc1. The molecule has 2 nitrogen and oxygen atoms in total. The zero-order valence-electron chi connectivity index (χ0n) is 17.4. The van der Waals surface area contributed by atoms with Gasteiger partial charge in [0.05, 0.1) is 0 Å². The number of hydrogen-bond donors (Lipinski definition) is 0. The summed E-state index contributed by atoms with van der Waals surface area (Å²) in [5.41, 5.74) is 8.16. The molecule has 30 heavy (non-hydrogen) atoms. The van der Waals surface area contributed by atoms with Gasteiger partial charge in [0.25, 0.3) is 0 Å². The standard InChI is InChI=1S/C28H26N2/c1-19-3-7-21(8-4-19)25-26(22-9-5-20(2)6-10-22)28(24-13-17-30-18-14-24)27(25)23-11-15-29-16-12-23/h3-18,25-28H,1-2H3/t25-,26+,27+,28-. The Morgan fingerprint density at radius 2 is 0.667 bits per heavy atom. The molecule has 5 rings (SSSR count). The molecule has 0 N–H and O–H groups in total. The third-order valence-corrected chi connectivity index (χ3v) is 6.65. The zero-order valence-corrected chi connectivity index (χ0v) is 17.4. The van der Waals surface area contributed by atoms with Crippen LogP contribution in [0.5, 0.6) is 0 Å². The van der Waals surface area contributed by atoms with Crippen molar-refractivity contribution in [3.63, 3.8) is 0 Å². The molecule has 0 unspecified atom stereocenters. The van der Waals surface area contributed by atoms with Gasteiger partial charge in [-0.15, -0.1) is 0 Å². The first kappa shape index (κ1) is 18.7. The van der Waals surface area contributed by atoms with Crippen LogP contribution >= 0.6 is 0 Å². The Bertz CT molecular complexity index is 1010. The summed E-state index contributed by atoms with van der Waals surface area (Å²) >= 11 is 0. The lowest BCUT2D eigenvalue weighted by atomic mass is 9.49. The lowest BCUT2D eigenvalue weighted by Crippen LogP contribution is -2.40. The Morgan fingerprint density at radius 1 is 0.400 bits per heavy atom. The van der Waals surface area contributed by atoms with Crippen molar-refractivity contribution in [1.29, 1.82) is 0 Å². The minimum atomic E-state index is 0.407. The van der Waals surface area contributed by atoms with Crippen molar-refractivity contribution in [2.75, 3.05) is 0 Å². The van der Waals surface area contributed by atoms with Gasteiger partial charge in [0.2, 0.25) is 0 Å². The Hall–Kier alpha value is -3.26. The quantitative estimate of drug-likeness (QED) is 0.395. The summed E-state index contributed by atoms with van der Waals surface area (Å²) < 4.78 is 0. The van der Waals surface area contributed by atoms with Crippen LogP contribution in [0.3, 0.4) is 0 Å². The fourth-order valence-electron chi connectivity index (χ4n) is 5.16. The second-order valence-corrected chi connectivity index (χ2v) is 8.49. The van der Waals surface area contributed by atoms with Crippen LogP contribution in [-0.4, -0.2) is 9.97 Å². The first-order valence-electron chi connectivity index (χ1n) is 10.7. The van der Waals surface area contributed by atoms with Gasteiger partial charge in [-0.3, -0.25) is 9.97 Å². The Kier molecular flexibility index (Phi) is 4.92. The molecule has 1 aliphatic rings. The maximum absolute atomic E-state index is 4.27. The van der Waals surface area contributed by atoms with E-state index in [0.29, 0.717) is 23.7 Å². The van der Waals surface area contributed by atoms with E-state index in [1.165, 1.54) is 33.4 Å². The average Bonchev–Trinajstić information content (AvgIpc) is 2.77. The van der Waals surface area contributed by atoms with Gasteiger partial charge in [0.15, 0.2) is 0 Å². The molecule has 4 aromatic rings. The maximum Gasteiger partial charge on any atom is 0.0270 e. The summed E-state index contributed by atoms with van der Waals surface area (Å²) in [5, 5.41) is 0. The number of benzene rings is 2. The molecule has 0 saturated heterocycles. The van der Waals surface area contributed by atoms with E-state index < -0.39 is 0 Å². The maximum atomic E-state index is 4.27. The minimum absolute atomic E-state index is 0.407. The number of aryl methyl sites for hydroxylation is 2. The van der Waals surface area contributed by atoms with E-state index in [1.807, 2.05) is 24.8 Å². The molecule has 1 aliphatic carbocycles. The smallest absolute Gasteiger partial charge is 0.0270 e. The monoisotopic (exact) mass is 390 g/mol. The summed E-state index contributed by atoms with van der Waals surface area (Å²) in [6.07, 6.45) is 7.68. The van der Waals surface area contributed by atoms with Crippen molar-refractivity contribution in [3.8, 4) is 0 Å². The zero-order chi connectivity index (χ0) is 20.5. The van der Waals surface area contributed by atoms with Crippen LogP contribution in [0.25, 0.3) is 0 Å². The third kappa shape index (κ3) is 3.33. The predicted octanol–water partition coefficient (Wildman–Crippen LogP) is 6.54. The number of pyridine rings is 2. The van der Waals surface area contributed by atoms with Gasteiger partial charge in [0.1, 0.15) is 0 Å². The Balaban J connectivity index is 1.67. The molecule has 0 aliphatic heterocycles. The van der Waals surface area contributed by atoms with Crippen LogP contribution < -0.4 is 0 Å². The third-order valence-electron chi connectivity index (χ3n) is 6.65. The highest BCUT2D eigenvalue weighted by molar-refractivity contribution is 5.48. The molecular formula is C28H26N2. The van der Waals surface area contributed by atoms with Crippen molar-refractivity contribution in [2.24, 2.45) is 0 Å². The predicted molar refractivity (Wildman–Crippen MR) is 122 cm³/mol. The van der Waals surface area contributed by atoms with E-state index in [4.69, 9.17) is 0 Å².